The molecule has 1 aliphatic heterocycles. The largest absolute Gasteiger partial charge is 0.615 e. The van der Waals surface area contributed by atoms with Gasteiger partial charge in [-0.05, 0) is 5.56 Å². The number of carbonyl (C=O) groups is 1. The smallest absolute Gasteiger partial charge is 0.595 e. The van der Waals surface area contributed by atoms with E-state index in [1.165, 1.54) is 0 Å². The van der Waals surface area contributed by atoms with Crippen molar-refractivity contribution >= 4 is 14.1 Å². The van der Waals surface area contributed by atoms with Gasteiger partial charge in [0.25, 0.3) is 5.56 Å². The maximum atomic E-state index is 13.0. The number of nitrogens with two attached hydrogens (primary N) is 1. The van der Waals surface area contributed by atoms with Crippen molar-refractivity contribution in [2.75, 3.05) is 13.7 Å². The van der Waals surface area contributed by atoms with E-state index in [0.29, 0.717) is 0 Å². The fourth-order valence-corrected chi connectivity index (χ4v) is 4.48. The summed E-state index contributed by atoms with van der Waals surface area (Å²) in [4.78, 5) is 50.4. The Labute approximate surface area is 193 Å². The third-order valence-electron chi connectivity index (χ3n) is 5.09. The fraction of sp³-hybridized carbons (Fsp3) is 0.421. The lowest BCUT2D eigenvalue weighted by Gasteiger charge is -2.27. The number of aromatic amines is 1. The predicted octanol–water partition coefficient (Wildman–Crippen LogP) is -2.53. The third-order valence-corrected chi connectivity index (χ3v) is 6.49. The van der Waals surface area contributed by atoms with Gasteiger partial charge in [0.05, 0.1) is 4.79 Å². The standard InChI is InChI=1S/C19H25N4O10P/c1-30-18(27)12(9-11-5-3-2-4-6-11)22-34(29,33-20)31-10-13-15(25)16(26)17(32-13)23-8-7-14(24)21-19(23)28/h2-8,12-13,15-17,25-26H,9-10,20H2,1H3,(H,22,29)(H,21,24,28)/q+1/t12?,13-,15-,16+,17-,34?/m0/s1. The van der Waals surface area contributed by atoms with E-state index in [2.05, 4.69) is 9.71 Å². The average molecular weight is 500 g/mol. The van der Waals surface area contributed by atoms with Crippen LogP contribution in [0.4, 0.5) is 0 Å². The topological polar surface area (TPSA) is 212 Å². The highest BCUT2D eigenvalue weighted by Gasteiger charge is 2.48. The van der Waals surface area contributed by atoms with Gasteiger partial charge in [0.15, 0.2) is 13.3 Å². The summed E-state index contributed by atoms with van der Waals surface area (Å²) in [5.41, 5.74) is -0.803. The molecule has 34 heavy (non-hydrogen) atoms. The predicted molar refractivity (Wildman–Crippen MR) is 114 cm³/mol. The van der Waals surface area contributed by atoms with E-state index in [-0.39, 0.29) is 6.42 Å². The fourth-order valence-electron chi connectivity index (χ4n) is 3.36. The number of carbonyl (C=O) groups excluding carboxylic acids is 1. The molecule has 0 aliphatic carbocycles. The van der Waals surface area contributed by atoms with Crippen LogP contribution < -0.4 is 27.1 Å². The van der Waals surface area contributed by atoms with Gasteiger partial charge in [0.1, 0.15) is 24.9 Å². The van der Waals surface area contributed by atoms with Gasteiger partial charge in [0, 0.05) is 18.7 Å². The molecule has 0 spiro atoms. The number of hydrogen-bond acceptors (Lipinski definition) is 12. The minimum absolute atomic E-state index is 0.0721. The molecule has 0 amide bonds. The van der Waals surface area contributed by atoms with Crippen molar-refractivity contribution in [1.29, 1.82) is 0 Å². The van der Waals surface area contributed by atoms with Gasteiger partial charge in [-0.25, -0.2) is 4.79 Å². The molecule has 185 valence electrons. The summed E-state index contributed by atoms with van der Waals surface area (Å²) in [7, 11) is -3.18. The van der Waals surface area contributed by atoms with Crippen LogP contribution in [0.25, 0.3) is 0 Å². The number of aliphatic hydroxyl groups is 2. The summed E-state index contributed by atoms with van der Waals surface area (Å²) in [6.07, 6.45) is -4.61. The first kappa shape index (κ1) is 26.1. The van der Waals surface area contributed by atoms with Crippen LogP contribution in [0.2, 0.25) is 0 Å². The van der Waals surface area contributed by atoms with Crippen LogP contribution in [0, 0.1) is 0 Å². The Balaban J connectivity index is 1.69. The maximum Gasteiger partial charge on any atom is 0.595 e. The van der Waals surface area contributed by atoms with Crippen LogP contribution in [-0.2, 0) is 29.8 Å². The molecule has 1 aromatic heterocycles. The number of methoxy groups -OCH3 is 1. The molecule has 2 aromatic rings. The van der Waals surface area contributed by atoms with E-state index in [1.54, 1.807) is 30.3 Å². The molecule has 0 saturated carbocycles. The number of hydrogen-bond donors (Lipinski definition) is 5. The van der Waals surface area contributed by atoms with Crippen molar-refractivity contribution < 1.29 is 38.5 Å². The zero-order chi connectivity index (χ0) is 24.9. The highest BCUT2D eigenvalue weighted by molar-refractivity contribution is 7.57. The van der Waals surface area contributed by atoms with E-state index in [0.717, 1.165) is 29.5 Å². The molecule has 14 nitrogen and oxygen atoms in total. The Morgan fingerprint density at radius 3 is 2.65 bits per heavy atom. The molecule has 6 atom stereocenters. The van der Waals surface area contributed by atoms with Gasteiger partial charge in [-0.1, -0.05) is 30.3 Å². The lowest BCUT2D eigenvalue weighted by molar-refractivity contribution is -0.228. The van der Waals surface area contributed by atoms with Gasteiger partial charge in [-0.15, -0.1) is 9.71 Å². The normalized spacial score (nSPS) is 25.0. The molecule has 15 heteroatoms. The van der Waals surface area contributed by atoms with E-state index in [9.17, 15) is 29.5 Å². The number of esters is 1. The van der Waals surface area contributed by atoms with Crippen molar-refractivity contribution in [3.63, 3.8) is 0 Å². The van der Waals surface area contributed by atoms with Crippen molar-refractivity contribution in [3.05, 3.63) is 69.0 Å². The van der Waals surface area contributed by atoms with Crippen LogP contribution >= 0.6 is 8.09 Å². The number of ether oxygens (including phenoxy) is 2. The number of nitrogens with one attached hydrogen (secondary N) is 2. The summed E-state index contributed by atoms with van der Waals surface area (Å²) in [5.74, 6) is 4.40. The minimum atomic E-state index is -4.33. The molecule has 1 radical (unpaired) electrons. The summed E-state index contributed by atoms with van der Waals surface area (Å²) < 4.78 is 20.8. The van der Waals surface area contributed by atoms with Crippen molar-refractivity contribution in [2.24, 2.45) is 5.90 Å². The first-order valence-electron chi connectivity index (χ1n) is 10.0. The van der Waals surface area contributed by atoms with Gasteiger partial charge in [-0.2, -0.15) is 10.4 Å². The molecule has 1 aromatic carbocycles. The Bertz CT molecular complexity index is 1080. The Morgan fingerprint density at radius 1 is 1.32 bits per heavy atom. The van der Waals surface area contributed by atoms with Gasteiger partial charge in [0.2, 0.25) is 6.04 Å². The van der Waals surface area contributed by atoms with Gasteiger partial charge < -0.3 is 24.6 Å². The van der Waals surface area contributed by atoms with Crippen LogP contribution in [0.5, 0.6) is 0 Å². The number of nitrogens with zero attached hydrogens (tertiary/aromatic N) is 1. The van der Waals surface area contributed by atoms with Crippen molar-refractivity contribution in [1.82, 2.24) is 14.6 Å². The van der Waals surface area contributed by atoms with Crippen LogP contribution in [0.1, 0.15) is 11.8 Å². The second-order valence-corrected chi connectivity index (χ2v) is 9.08. The van der Waals surface area contributed by atoms with Crippen LogP contribution in [0.3, 0.4) is 0 Å². The summed E-state index contributed by atoms with van der Waals surface area (Å²) in [6.45, 7) is -0.604. The van der Waals surface area contributed by atoms with Gasteiger partial charge in [-0.3, -0.25) is 14.3 Å². The average Bonchev–Trinajstić information content (AvgIpc) is 3.11. The second kappa shape index (κ2) is 11.3. The zero-order valence-electron chi connectivity index (χ0n) is 18.0. The van der Waals surface area contributed by atoms with Crippen LogP contribution in [0.15, 0.2) is 52.2 Å². The molecule has 2 heterocycles. The zero-order valence-corrected chi connectivity index (χ0v) is 18.9. The molecule has 1 aliphatic rings. The first-order valence-corrected chi connectivity index (χ1v) is 11.6. The minimum Gasteiger partial charge on any atom is -0.615 e. The lowest BCUT2D eigenvalue weighted by atomic mass is 10.1. The molecule has 2 unspecified atom stereocenters. The first-order chi connectivity index (χ1) is 16.2. The lowest BCUT2D eigenvalue weighted by Crippen LogP contribution is -2.45. The summed E-state index contributed by atoms with van der Waals surface area (Å²) in [5, 5.41) is 23.0. The Kier molecular flexibility index (Phi) is 8.65. The van der Waals surface area contributed by atoms with E-state index in [4.69, 9.17) is 19.9 Å². The SMILES string of the molecule is C[O+]C(=O)C(Cc1ccccc1)N[P+]([O-])(ON)OC[C@@H]1O[C@H](n2ccc(=O)[nH]c2=O)[C@H](O)[C@H]1O. The van der Waals surface area contributed by atoms with Crippen molar-refractivity contribution in [2.45, 2.75) is 37.0 Å². The van der Waals surface area contributed by atoms with Gasteiger partial charge >= 0.3 is 19.8 Å². The number of aliphatic hydroxyl groups excluding tert-OH is 2. The molecular weight excluding hydrogens is 475 g/mol. The number of aromatic nitrogens is 2. The highest BCUT2D eigenvalue weighted by atomic mass is 31.2. The van der Waals surface area contributed by atoms with Crippen molar-refractivity contribution in [3.8, 4) is 0 Å². The molecule has 6 N–H and O–H groups in total. The molecule has 1 saturated heterocycles. The quantitative estimate of drug-likeness (QED) is 0.0989. The monoisotopic (exact) mass is 500 g/mol. The maximum absolute atomic E-state index is 13.0. The number of rotatable bonds is 10. The highest BCUT2D eigenvalue weighted by Crippen LogP contribution is 2.47. The Hall–Kier alpha value is -2.52. The molecule has 0 bridgehead atoms. The number of H-pyrrole nitrogens is 1. The molecule has 3 rings (SSSR count). The van der Waals surface area contributed by atoms with E-state index in [1.807, 2.05) is 4.98 Å². The summed E-state index contributed by atoms with van der Waals surface area (Å²) >= 11 is 0. The summed E-state index contributed by atoms with van der Waals surface area (Å²) in [6, 6.07) is 8.67. The third kappa shape index (κ3) is 6.13. The molecule has 1 fully saturated rings. The second-order valence-electron chi connectivity index (χ2n) is 7.36. The molecular formula is C19H25N4O10P+. The van der Waals surface area contributed by atoms with E-state index < -0.39 is 62.5 Å². The Morgan fingerprint density at radius 2 is 2.03 bits per heavy atom. The van der Waals surface area contributed by atoms with Crippen LogP contribution in [-0.4, -0.2) is 63.8 Å². The van der Waals surface area contributed by atoms with E-state index >= 15 is 0 Å². The number of benzene rings is 1.